The molecule has 0 radical (unpaired) electrons. The van der Waals surface area contributed by atoms with Crippen LogP contribution in [0, 0.1) is 6.92 Å². The lowest BCUT2D eigenvalue weighted by Crippen LogP contribution is -1.86. The van der Waals surface area contributed by atoms with Gasteiger partial charge in [0.2, 0.25) is 0 Å². The molecular formula is C7H4BrClN2S. The van der Waals surface area contributed by atoms with Gasteiger partial charge in [-0.25, -0.2) is 9.97 Å². The van der Waals surface area contributed by atoms with Crippen molar-refractivity contribution in [3.05, 3.63) is 20.8 Å². The quantitative estimate of drug-likeness (QED) is 0.681. The second-order valence-corrected chi connectivity index (χ2v) is 4.42. The second-order valence-electron chi connectivity index (χ2n) is 2.32. The third-order valence-electron chi connectivity index (χ3n) is 1.44. The number of nitrogens with zero attached hydrogens (tertiary/aromatic N) is 2. The van der Waals surface area contributed by atoms with Gasteiger partial charge in [-0.1, -0.05) is 11.6 Å². The zero-order chi connectivity index (χ0) is 8.72. The third kappa shape index (κ3) is 1.24. The summed E-state index contributed by atoms with van der Waals surface area (Å²) in [6, 6.07) is 0. The monoisotopic (exact) mass is 262 g/mol. The number of thiophene rings is 1. The molecule has 0 unspecified atom stereocenters. The van der Waals surface area contributed by atoms with E-state index in [0.717, 1.165) is 14.7 Å². The van der Waals surface area contributed by atoms with E-state index in [9.17, 15) is 0 Å². The molecule has 0 amide bonds. The highest BCUT2D eigenvalue weighted by molar-refractivity contribution is 9.10. The van der Waals surface area contributed by atoms with Crippen molar-refractivity contribution in [2.24, 2.45) is 0 Å². The molecule has 0 saturated heterocycles. The summed E-state index contributed by atoms with van der Waals surface area (Å²) in [5.41, 5.74) is 0.900. The van der Waals surface area contributed by atoms with Crippen molar-refractivity contribution in [2.75, 3.05) is 0 Å². The molecule has 0 saturated carbocycles. The number of halogens is 2. The molecule has 2 heterocycles. The summed E-state index contributed by atoms with van der Waals surface area (Å²) in [5, 5.41) is 2.50. The zero-order valence-corrected chi connectivity index (χ0v) is 9.29. The van der Waals surface area contributed by atoms with Crippen molar-refractivity contribution in [3.8, 4) is 0 Å². The van der Waals surface area contributed by atoms with Crippen molar-refractivity contribution in [2.45, 2.75) is 6.92 Å². The van der Waals surface area contributed by atoms with Crippen LogP contribution in [0.1, 0.15) is 5.82 Å². The molecule has 0 aliphatic rings. The molecule has 62 valence electrons. The van der Waals surface area contributed by atoms with Crippen molar-refractivity contribution < 1.29 is 0 Å². The third-order valence-corrected chi connectivity index (χ3v) is 3.71. The van der Waals surface area contributed by atoms with Crippen LogP contribution in [0.2, 0.25) is 5.15 Å². The van der Waals surface area contributed by atoms with E-state index in [1.54, 1.807) is 11.3 Å². The van der Waals surface area contributed by atoms with Crippen LogP contribution in [0.25, 0.3) is 10.2 Å². The van der Waals surface area contributed by atoms with E-state index >= 15 is 0 Å². The Kier molecular flexibility index (Phi) is 2.06. The van der Waals surface area contributed by atoms with Crippen LogP contribution in [0.4, 0.5) is 0 Å². The maximum atomic E-state index is 5.91. The molecule has 0 fully saturated rings. The molecule has 2 nitrogen and oxygen atoms in total. The van der Waals surface area contributed by atoms with E-state index in [0.29, 0.717) is 11.0 Å². The van der Waals surface area contributed by atoms with Gasteiger partial charge in [0.1, 0.15) is 11.3 Å². The summed E-state index contributed by atoms with van der Waals surface area (Å²) in [5.74, 6) is 0.701. The largest absolute Gasteiger partial charge is 0.231 e. The smallest absolute Gasteiger partial charge is 0.150 e. The Morgan fingerprint density at radius 3 is 3.00 bits per heavy atom. The van der Waals surface area contributed by atoms with Gasteiger partial charge in [0, 0.05) is 5.38 Å². The van der Waals surface area contributed by atoms with Gasteiger partial charge >= 0.3 is 0 Å². The number of fused-ring (bicyclic) bond motifs is 1. The molecule has 5 heteroatoms. The highest BCUT2D eigenvalue weighted by Gasteiger charge is 2.08. The lowest BCUT2D eigenvalue weighted by Gasteiger charge is -1.94. The van der Waals surface area contributed by atoms with Gasteiger partial charge in [-0.05, 0) is 22.9 Å². The molecule has 0 aliphatic carbocycles. The minimum absolute atomic E-state index is 0.535. The Hall–Kier alpha value is -0.190. The fourth-order valence-electron chi connectivity index (χ4n) is 0.961. The van der Waals surface area contributed by atoms with Crippen molar-refractivity contribution >= 4 is 49.1 Å². The number of rotatable bonds is 0. The fourth-order valence-corrected chi connectivity index (χ4v) is 2.75. The summed E-state index contributed by atoms with van der Waals surface area (Å²) in [7, 11) is 0. The lowest BCUT2D eigenvalue weighted by atomic mass is 10.4. The van der Waals surface area contributed by atoms with E-state index < -0.39 is 0 Å². The summed E-state index contributed by atoms with van der Waals surface area (Å²) in [6.45, 7) is 1.83. The van der Waals surface area contributed by atoms with Crippen molar-refractivity contribution in [1.29, 1.82) is 0 Å². The molecule has 0 spiro atoms. The van der Waals surface area contributed by atoms with Gasteiger partial charge in [0.15, 0.2) is 5.15 Å². The SMILES string of the molecule is Cc1nc(Cl)c2scc(Br)c2n1. The minimum atomic E-state index is 0.535. The molecule has 0 aliphatic heterocycles. The van der Waals surface area contributed by atoms with E-state index in [4.69, 9.17) is 11.6 Å². The Morgan fingerprint density at radius 1 is 1.50 bits per heavy atom. The number of aromatic nitrogens is 2. The molecule has 2 rings (SSSR count). The zero-order valence-electron chi connectivity index (χ0n) is 6.14. The van der Waals surface area contributed by atoms with E-state index in [1.807, 2.05) is 12.3 Å². The first-order chi connectivity index (χ1) is 5.68. The molecule has 0 aromatic carbocycles. The van der Waals surface area contributed by atoms with Crippen LogP contribution in [0.5, 0.6) is 0 Å². The summed E-state index contributed by atoms with van der Waals surface area (Å²) >= 11 is 10.9. The van der Waals surface area contributed by atoms with E-state index in [2.05, 4.69) is 25.9 Å². The molecule has 0 bridgehead atoms. The van der Waals surface area contributed by atoms with Crippen LogP contribution in [0.15, 0.2) is 9.85 Å². The Bertz CT molecular complexity index is 440. The first-order valence-corrected chi connectivity index (χ1v) is 5.30. The molecule has 2 aromatic rings. The van der Waals surface area contributed by atoms with Crippen LogP contribution >= 0.6 is 38.9 Å². The van der Waals surface area contributed by atoms with Gasteiger partial charge in [0.05, 0.1) is 9.17 Å². The van der Waals surface area contributed by atoms with Gasteiger partial charge in [0.25, 0.3) is 0 Å². The van der Waals surface area contributed by atoms with Crippen molar-refractivity contribution in [1.82, 2.24) is 9.97 Å². The maximum absolute atomic E-state index is 5.91. The Morgan fingerprint density at radius 2 is 2.25 bits per heavy atom. The predicted octanol–water partition coefficient (Wildman–Crippen LogP) is 3.42. The average Bonchev–Trinajstić information content (AvgIpc) is 2.33. The first kappa shape index (κ1) is 8.41. The highest BCUT2D eigenvalue weighted by atomic mass is 79.9. The van der Waals surface area contributed by atoms with Crippen molar-refractivity contribution in [3.63, 3.8) is 0 Å². The molecule has 12 heavy (non-hydrogen) atoms. The normalized spacial score (nSPS) is 10.9. The highest BCUT2D eigenvalue weighted by Crippen LogP contribution is 2.32. The Balaban J connectivity index is 2.92. The maximum Gasteiger partial charge on any atom is 0.150 e. The van der Waals surface area contributed by atoms with Crippen LogP contribution in [-0.2, 0) is 0 Å². The molecule has 2 aromatic heterocycles. The lowest BCUT2D eigenvalue weighted by molar-refractivity contribution is 1.09. The summed E-state index contributed by atoms with van der Waals surface area (Å²) in [4.78, 5) is 8.32. The average molecular weight is 264 g/mol. The molecular weight excluding hydrogens is 260 g/mol. The van der Waals surface area contributed by atoms with Crippen LogP contribution < -0.4 is 0 Å². The van der Waals surface area contributed by atoms with Gasteiger partial charge in [-0.15, -0.1) is 11.3 Å². The Labute approximate surface area is 86.7 Å². The van der Waals surface area contributed by atoms with Gasteiger partial charge in [-0.2, -0.15) is 0 Å². The fraction of sp³-hybridized carbons (Fsp3) is 0.143. The minimum Gasteiger partial charge on any atom is -0.231 e. The standard InChI is InChI=1S/C7H4BrClN2S/c1-3-10-5-4(8)2-12-6(5)7(9)11-3/h2H,1H3. The van der Waals surface area contributed by atoms with Crippen LogP contribution in [-0.4, -0.2) is 9.97 Å². The van der Waals surface area contributed by atoms with E-state index in [1.165, 1.54) is 0 Å². The summed E-state index contributed by atoms with van der Waals surface area (Å²) in [6.07, 6.45) is 0. The summed E-state index contributed by atoms with van der Waals surface area (Å²) < 4.78 is 1.92. The number of hydrogen-bond donors (Lipinski definition) is 0. The van der Waals surface area contributed by atoms with Gasteiger partial charge in [-0.3, -0.25) is 0 Å². The van der Waals surface area contributed by atoms with Crippen LogP contribution in [0.3, 0.4) is 0 Å². The molecule has 0 N–H and O–H groups in total. The second kappa shape index (κ2) is 2.94. The van der Waals surface area contributed by atoms with Gasteiger partial charge < -0.3 is 0 Å². The van der Waals surface area contributed by atoms with E-state index in [-0.39, 0.29) is 0 Å². The molecule has 0 atom stereocenters. The first-order valence-electron chi connectivity index (χ1n) is 3.25. The topological polar surface area (TPSA) is 25.8 Å². The number of hydrogen-bond acceptors (Lipinski definition) is 3. The predicted molar refractivity (Wildman–Crippen MR) is 54.9 cm³/mol. The number of aryl methyl sites for hydroxylation is 1.